The van der Waals surface area contributed by atoms with Crippen LogP contribution in [-0.2, 0) is 9.59 Å². The number of amides is 4. The van der Waals surface area contributed by atoms with Gasteiger partial charge < -0.3 is 10.6 Å². The molecule has 0 aromatic heterocycles. The summed E-state index contributed by atoms with van der Waals surface area (Å²) in [7, 11) is 0. The minimum absolute atomic E-state index is 0.161. The van der Waals surface area contributed by atoms with E-state index in [0.717, 1.165) is 31.2 Å². The van der Waals surface area contributed by atoms with Crippen molar-refractivity contribution in [3.05, 3.63) is 42.0 Å². The summed E-state index contributed by atoms with van der Waals surface area (Å²) >= 11 is 0. The molecule has 1 saturated carbocycles. The average molecular weight is 344 g/mol. The highest BCUT2D eigenvalue weighted by atomic mass is 16.2. The summed E-state index contributed by atoms with van der Waals surface area (Å²) in [5.74, 6) is -0.883. The van der Waals surface area contributed by atoms with Gasteiger partial charge in [0.1, 0.15) is 0 Å². The van der Waals surface area contributed by atoms with E-state index in [1.165, 1.54) is 12.5 Å². The molecule has 7 heteroatoms. The fourth-order valence-electron chi connectivity index (χ4n) is 2.60. The van der Waals surface area contributed by atoms with Crippen molar-refractivity contribution < 1.29 is 14.4 Å². The van der Waals surface area contributed by atoms with Gasteiger partial charge in [0.15, 0.2) is 0 Å². The van der Waals surface area contributed by atoms with E-state index in [9.17, 15) is 14.4 Å². The molecule has 4 N–H and O–H groups in total. The molecular weight excluding hydrogens is 320 g/mol. The highest BCUT2D eigenvalue weighted by Gasteiger charge is 2.15. The molecule has 4 amide bonds. The van der Waals surface area contributed by atoms with Gasteiger partial charge in [-0.3, -0.25) is 15.0 Å². The van der Waals surface area contributed by atoms with E-state index in [-0.39, 0.29) is 18.5 Å². The van der Waals surface area contributed by atoms with Gasteiger partial charge in [-0.05, 0) is 24.5 Å². The molecule has 1 aromatic carbocycles. The summed E-state index contributed by atoms with van der Waals surface area (Å²) < 4.78 is 0. The average Bonchev–Trinajstić information content (AvgIpc) is 2.64. The van der Waals surface area contributed by atoms with Gasteiger partial charge in [-0.25, -0.2) is 10.2 Å². The first-order valence-corrected chi connectivity index (χ1v) is 8.50. The van der Waals surface area contributed by atoms with E-state index in [2.05, 4.69) is 21.5 Å². The number of benzene rings is 1. The van der Waals surface area contributed by atoms with Gasteiger partial charge in [-0.15, -0.1) is 0 Å². The molecule has 0 heterocycles. The molecule has 0 spiro atoms. The van der Waals surface area contributed by atoms with Crippen LogP contribution in [0.5, 0.6) is 0 Å². The number of carbonyl (C=O) groups excluding carboxylic acids is 3. The fourth-order valence-corrected chi connectivity index (χ4v) is 2.60. The van der Waals surface area contributed by atoms with Crippen molar-refractivity contribution in [3.8, 4) is 0 Å². The molecule has 134 valence electrons. The zero-order valence-electron chi connectivity index (χ0n) is 14.1. The minimum Gasteiger partial charge on any atom is -0.343 e. The van der Waals surface area contributed by atoms with Gasteiger partial charge in [0.2, 0.25) is 5.91 Å². The number of nitrogens with one attached hydrogen (secondary N) is 4. The Hall–Kier alpha value is -2.83. The van der Waals surface area contributed by atoms with Crippen LogP contribution in [0.25, 0.3) is 6.08 Å². The molecule has 0 atom stereocenters. The zero-order valence-corrected chi connectivity index (χ0v) is 14.1. The minimum atomic E-state index is -0.500. The lowest BCUT2D eigenvalue weighted by atomic mass is 9.96. The number of hydrogen-bond donors (Lipinski definition) is 4. The number of hydrazine groups is 1. The molecule has 0 saturated heterocycles. The molecule has 0 unspecified atom stereocenters. The molecule has 0 bridgehead atoms. The third-order valence-electron chi connectivity index (χ3n) is 3.91. The maximum absolute atomic E-state index is 11.7. The van der Waals surface area contributed by atoms with Crippen LogP contribution in [0.1, 0.15) is 37.7 Å². The molecule has 7 nitrogen and oxygen atoms in total. The lowest BCUT2D eigenvalue weighted by Crippen LogP contribution is -2.52. The second-order valence-electron chi connectivity index (χ2n) is 5.94. The number of hydrogen-bond acceptors (Lipinski definition) is 3. The van der Waals surface area contributed by atoms with Crippen molar-refractivity contribution in [1.29, 1.82) is 0 Å². The van der Waals surface area contributed by atoms with Crippen molar-refractivity contribution in [2.75, 3.05) is 6.54 Å². The van der Waals surface area contributed by atoms with Crippen molar-refractivity contribution in [2.24, 2.45) is 0 Å². The lowest BCUT2D eigenvalue weighted by Gasteiger charge is -2.22. The standard InChI is InChI=1S/C18H24N4O3/c23-16(12-11-14-7-3-1-4-8-14)19-13-17(24)21-22-18(25)20-15-9-5-2-6-10-15/h1,3-4,7-8,11-12,15H,2,5-6,9-10,13H2,(H,19,23)(H,21,24)(H2,20,22,25)/b12-11+. The van der Waals surface area contributed by atoms with Crippen LogP contribution in [0.15, 0.2) is 36.4 Å². The SMILES string of the molecule is O=C(/C=C/c1ccccc1)NCC(=O)NNC(=O)NC1CCCCC1. The van der Waals surface area contributed by atoms with Gasteiger partial charge >= 0.3 is 6.03 Å². The van der Waals surface area contributed by atoms with Crippen molar-refractivity contribution in [2.45, 2.75) is 38.1 Å². The van der Waals surface area contributed by atoms with Crippen LogP contribution < -0.4 is 21.5 Å². The van der Waals surface area contributed by atoms with E-state index in [1.54, 1.807) is 6.08 Å². The van der Waals surface area contributed by atoms with Crippen LogP contribution in [0.4, 0.5) is 4.79 Å². The third-order valence-corrected chi connectivity index (χ3v) is 3.91. The monoisotopic (exact) mass is 344 g/mol. The highest BCUT2D eigenvalue weighted by Crippen LogP contribution is 2.16. The van der Waals surface area contributed by atoms with E-state index >= 15 is 0 Å². The summed E-state index contributed by atoms with van der Waals surface area (Å²) in [5, 5.41) is 5.26. The highest BCUT2D eigenvalue weighted by molar-refractivity contribution is 5.94. The zero-order chi connectivity index (χ0) is 17.9. The Morgan fingerprint density at radius 3 is 2.44 bits per heavy atom. The second kappa shape index (κ2) is 10.1. The van der Waals surface area contributed by atoms with Crippen LogP contribution in [0, 0.1) is 0 Å². The summed E-state index contributed by atoms with van der Waals surface area (Å²) in [6, 6.07) is 9.09. The topological polar surface area (TPSA) is 99.3 Å². The first-order valence-electron chi connectivity index (χ1n) is 8.50. The Bertz CT molecular complexity index is 610. The molecule has 1 aliphatic carbocycles. The molecular formula is C18H24N4O3. The van der Waals surface area contributed by atoms with Gasteiger partial charge in [0.05, 0.1) is 6.54 Å². The van der Waals surface area contributed by atoms with Crippen molar-refractivity contribution >= 4 is 23.9 Å². The quantitative estimate of drug-likeness (QED) is 0.481. The normalized spacial score (nSPS) is 14.7. The van der Waals surface area contributed by atoms with Gasteiger partial charge in [0.25, 0.3) is 5.91 Å². The van der Waals surface area contributed by atoms with E-state index < -0.39 is 11.9 Å². The van der Waals surface area contributed by atoms with E-state index in [4.69, 9.17) is 0 Å². The number of urea groups is 1. The predicted octanol–water partition coefficient (Wildman–Crippen LogP) is 1.48. The third kappa shape index (κ3) is 7.52. The van der Waals surface area contributed by atoms with Gasteiger partial charge in [-0.1, -0.05) is 49.6 Å². The van der Waals surface area contributed by atoms with Gasteiger partial charge in [-0.2, -0.15) is 0 Å². The Morgan fingerprint density at radius 1 is 1.00 bits per heavy atom. The maximum atomic E-state index is 11.7. The fraction of sp³-hybridized carbons (Fsp3) is 0.389. The molecule has 2 rings (SSSR count). The summed E-state index contributed by atoms with van der Waals surface area (Å²) in [6.45, 7) is -0.221. The molecule has 0 radical (unpaired) electrons. The Kier molecular flexibility index (Phi) is 7.49. The summed E-state index contributed by atoms with van der Waals surface area (Å²) in [4.78, 5) is 34.9. The summed E-state index contributed by atoms with van der Waals surface area (Å²) in [6.07, 6.45) is 8.36. The van der Waals surface area contributed by atoms with E-state index in [0.29, 0.717) is 0 Å². The molecule has 1 fully saturated rings. The molecule has 1 aliphatic rings. The first kappa shape index (κ1) is 18.5. The Balaban J connectivity index is 1.60. The summed E-state index contributed by atoms with van der Waals surface area (Å²) in [5.41, 5.74) is 5.45. The number of rotatable bonds is 5. The van der Waals surface area contributed by atoms with Crippen molar-refractivity contribution in [1.82, 2.24) is 21.5 Å². The Labute approximate surface area is 147 Å². The van der Waals surface area contributed by atoms with Gasteiger partial charge in [0, 0.05) is 12.1 Å². The predicted molar refractivity (Wildman–Crippen MR) is 95.2 cm³/mol. The largest absolute Gasteiger partial charge is 0.343 e. The van der Waals surface area contributed by atoms with Crippen LogP contribution in [0.3, 0.4) is 0 Å². The second-order valence-corrected chi connectivity index (χ2v) is 5.94. The first-order chi connectivity index (χ1) is 12.1. The van der Waals surface area contributed by atoms with Crippen LogP contribution >= 0.6 is 0 Å². The smallest absolute Gasteiger partial charge is 0.333 e. The number of carbonyl (C=O) groups is 3. The van der Waals surface area contributed by atoms with Crippen LogP contribution in [-0.4, -0.2) is 30.4 Å². The maximum Gasteiger partial charge on any atom is 0.333 e. The van der Waals surface area contributed by atoms with E-state index in [1.807, 2.05) is 30.3 Å². The lowest BCUT2D eigenvalue weighted by molar-refractivity contribution is -0.124. The molecule has 1 aromatic rings. The Morgan fingerprint density at radius 2 is 1.72 bits per heavy atom. The van der Waals surface area contributed by atoms with Crippen molar-refractivity contribution in [3.63, 3.8) is 0 Å². The molecule has 25 heavy (non-hydrogen) atoms. The van der Waals surface area contributed by atoms with Crippen LogP contribution in [0.2, 0.25) is 0 Å². The molecule has 0 aliphatic heterocycles.